The number of aliphatic hydroxyl groups is 1. The lowest BCUT2D eigenvalue weighted by molar-refractivity contribution is -0.0856. The summed E-state index contributed by atoms with van der Waals surface area (Å²) in [6.45, 7) is 11.5. The Morgan fingerprint density at radius 3 is 2.32 bits per heavy atom. The van der Waals surface area contributed by atoms with Crippen LogP contribution in [-0.2, 0) is 0 Å². The maximum Gasteiger partial charge on any atom is 0.251 e. The summed E-state index contributed by atoms with van der Waals surface area (Å²) in [5, 5.41) is 15.2. The van der Waals surface area contributed by atoms with Crippen molar-refractivity contribution in [2.45, 2.75) is 84.8 Å². The number of fused-ring (bicyclic) bond motifs is 3. The van der Waals surface area contributed by atoms with Gasteiger partial charge < -0.3 is 10.4 Å². The molecule has 3 aliphatic carbocycles. The van der Waals surface area contributed by atoms with Crippen molar-refractivity contribution in [2.24, 2.45) is 16.2 Å². The lowest BCUT2D eigenvalue weighted by Gasteiger charge is -2.59. The minimum atomic E-state index is -0.796. The van der Waals surface area contributed by atoms with Crippen LogP contribution in [0.15, 0.2) is 41.5 Å². The SMILES string of the molecule is CC1(C)CC2=C(C(NC(=O)c3ccccc3)C1)C1(O)CC(C)(C)CC(C)(C2)C1. The monoisotopic (exact) mass is 381 g/mol. The zero-order chi connectivity index (χ0) is 20.4. The van der Waals surface area contributed by atoms with E-state index >= 15 is 0 Å². The highest BCUT2D eigenvalue weighted by molar-refractivity contribution is 5.94. The molecule has 0 heterocycles. The first-order valence-corrected chi connectivity index (χ1v) is 10.7. The summed E-state index contributed by atoms with van der Waals surface area (Å²) in [4.78, 5) is 13.0. The lowest BCUT2D eigenvalue weighted by atomic mass is 9.49. The zero-order valence-corrected chi connectivity index (χ0v) is 18.1. The Morgan fingerprint density at radius 2 is 1.64 bits per heavy atom. The Kier molecular flexibility index (Phi) is 4.36. The molecule has 1 aromatic carbocycles. The normalized spacial score (nSPS) is 35.9. The third-order valence-electron chi connectivity index (χ3n) is 7.06. The third-order valence-corrected chi connectivity index (χ3v) is 7.06. The van der Waals surface area contributed by atoms with Crippen LogP contribution in [0.25, 0.3) is 0 Å². The minimum Gasteiger partial charge on any atom is -0.385 e. The molecule has 28 heavy (non-hydrogen) atoms. The molecule has 3 nitrogen and oxygen atoms in total. The Morgan fingerprint density at radius 1 is 0.964 bits per heavy atom. The Labute approximate surface area is 169 Å². The Bertz CT molecular complexity index is 822. The number of hydrogen-bond donors (Lipinski definition) is 2. The van der Waals surface area contributed by atoms with Crippen LogP contribution in [0.5, 0.6) is 0 Å². The highest BCUT2D eigenvalue weighted by Gasteiger charge is 2.57. The number of hydrogen-bond acceptors (Lipinski definition) is 2. The summed E-state index contributed by atoms with van der Waals surface area (Å²) < 4.78 is 0. The third kappa shape index (κ3) is 3.54. The Balaban J connectivity index is 1.73. The van der Waals surface area contributed by atoms with Crippen LogP contribution < -0.4 is 5.32 Å². The fourth-order valence-electron chi connectivity index (χ4n) is 7.08. The van der Waals surface area contributed by atoms with Gasteiger partial charge in [-0.2, -0.15) is 0 Å². The van der Waals surface area contributed by atoms with Crippen molar-refractivity contribution in [3.63, 3.8) is 0 Å². The van der Waals surface area contributed by atoms with Gasteiger partial charge in [-0.15, -0.1) is 0 Å². The van der Waals surface area contributed by atoms with Gasteiger partial charge in [0, 0.05) is 5.56 Å². The molecule has 152 valence electrons. The van der Waals surface area contributed by atoms with Crippen molar-refractivity contribution in [3.05, 3.63) is 47.0 Å². The van der Waals surface area contributed by atoms with Crippen LogP contribution >= 0.6 is 0 Å². The first-order valence-electron chi connectivity index (χ1n) is 10.7. The van der Waals surface area contributed by atoms with E-state index in [2.05, 4.69) is 39.9 Å². The van der Waals surface area contributed by atoms with E-state index in [9.17, 15) is 9.90 Å². The predicted octanol–water partition coefficient (Wildman–Crippen LogP) is 5.25. The van der Waals surface area contributed by atoms with Crippen LogP contribution in [0.1, 0.15) is 83.5 Å². The fourth-order valence-corrected chi connectivity index (χ4v) is 7.08. The van der Waals surface area contributed by atoms with E-state index in [0.717, 1.165) is 44.1 Å². The summed E-state index contributed by atoms with van der Waals surface area (Å²) in [6.07, 6.45) is 5.71. The molecule has 3 unspecified atom stereocenters. The number of allylic oxidation sites excluding steroid dienone is 1. The van der Waals surface area contributed by atoms with Crippen LogP contribution in [0.2, 0.25) is 0 Å². The molecule has 1 saturated carbocycles. The topological polar surface area (TPSA) is 49.3 Å². The standard InChI is InChI=1S/C25H35NO2/c1-22(2)11-18-12-24(5)14-23(3,4)15-25(28,16-24)20(18)19(13-22)26-21(27)17-9-7-6-8-10-17/h6-10,19,28H,11-16H2,1-5H3,(H,26,27). The largest absolute Gasteiger partial charge is 0.385 e. The first-order chi connectivity index (χ1) is 12.9. The quantitative estimate of drug-likeness (QED) is 0.687. The number of rotatable bonds is 2. The molecule has 1 fully saturated rings. The lowest BCUT2D eigenvalue weighted by Crippen LogP contribution is -2.58. The summed E-state index contributed by atoms with van der Waals surface area (Å²) in [7, 11) is 0. The van der Waals surface area contributed by atoms with Gasteiger partial charge in [-0.05, 0) is 72.5 Å². The molecule has 1 amide bonds. The van der Waals surface area contributed by atoms with Gasteiger partial charge in [0.1, 0.15) is 0 Å². The molecule has 3 atom stereocenters. The van der Waals surface area contributed by atoms with Gasteiger partial charge in [-0.1, -0.05) is 58.4 Å². The van der Waals surface area contributed by atoms with Crippen molar-refractivity contribution in [1.82, 2.24) is 5.32 Å². The van der Waals surface area contributed by atoms with Crippen molar-refractivity contribution in [3.8, 4) is 0 Å². The molecule has 2 N–H and O–H groups in total. The molecule has 0 aromatic heterocycles. The van der Waals surface area contributed by atoms with Crippen LogP contribution in [0.4, 0.5) is 0 Å². The van der Waals surface area contributed by atoms with E-state index in [1.54, 1.807) is 0 Å². The first kappa shape index (κ1) is 19.7. The number of carbonyl (C=O) groups is 1. The molecular formula is C25H35NO2. The fraction of sp³-hybridized carbons (Fsp3) is 0.640. The average molecular weight is 382 g/mol. The number of nitrogens with one attached hydrogen (secondary N) is 1. The summed E-state index contributed by atoms with van der Waals surface area (Å²) in [6, 6.07) is 9.34. The van der Waals surface area contributed by atoms with Crippen molar-refractivity contribution in [2.75, 3.05) is 0 Å². The number of carbonyl (C=O) groups excluding carboxylic acids is 1. The highest BCUT2D eigenvalue weighted by Crippen LogP contribution is 2.62. The van der Waals surface area contributed by atoms with Crippen LogP contribution in [0.3, 0.4) is 0 Å². The van der Waals surface area contributed by atoms with Gasteiger partial charge in [0.25, 0.3) is 5.91 Å². The summed E-state index contributed by atoms with van der Waals surface area (Å²) in [5.41, 5.74) is 2.82. The van der Waals surface area contributed by atoms with E-state index in [1.807, 2.05) is 30.3 Å². The van der Waals surface area contributed by atoms with E-state index in [1.165, 1.54) is 5.57 Å². The molecule has 2 bridgehead atoms. The second-order valence-electron chi connectivity index (χ2n) is 11.7. The minimum absolute atomic E-state index is 0.0397. The van der Waals surface area contributed by atoms with E-state index in [-0.39, 0.29) is 28.2 Å². The number of benzene rings is 1. The van der Waals surface area contributed by atoms with Gasteiger partial charge in [0.2, 0.25) is 0 Å². The van der Waals surface area contributed by atoms with Crippen molar-refractivity contribution >= 4 is 5.91 Å². The predicted molar refractivity (Wildman–Crippen MR) is 113 cm³/mol. The molecule has 0 aliphatic heterocycles. The molecular weight excluding hydrogens is 346 g/mol. The average Bonchev–Trinajstić information content (AvgIpc) is 2.50. The Hall–Kier alpha value is -1.61. The second-order valence-corrected chi connectivity index (χ2v) is 11.7. The van der Waals surface area contributed by atoms with Gasteiger partial charge in [0.15, 0.2) is 0 Å². The van der Waals surface area contributed by atoms with Gasteiger partial charge in [-0.3, -0.25) is 4.79 Å². The summed E-state index contributed by atoms with van der Waals surface area (Å²) in [5.74, 6) is -0.0397. The number of amides is 1. The smallest absolute Gasteiger partial charge is 0.251 e. The van der Waals surface area contributed by atoms with Crippen LogP contribution in [-0.4, -0.2) is 22.7 Å². The molecule has 3 heteroatoms. The van der Waals surface area contributed by atoms with Crippen molar-refractivity contribution < 1.29 is 9.90 Å². The molecule has 3 aliphatic rings. The molecule has 0 radical (unpaired) electrons. The summed E-state index contributed by atoms with van der Waals surface area (Å²) >= 11 is 0. The molecule has 0 spiro atoms. The van der Waals surface area contributed by atoms with E-state index < -0.39 is 5.60 Å². The van der Waals surface area contributed by atoms with Crippen molar-refractivity contribution in [1.29, 1.82) is 0 Å². The maximum absolute atomic E-state index is 13.0. The van der Waals surface area contributed by atoms with Gasteiger partial charge in [-0.25, -0.2) is 0 Å². The molecule has 4 rings (SSSR count). The second kappa shape index (κ2) is 6.19. The van der Waals surface area contributed by atoms with Gasteiger partial charge in [0.05, 0.1) is 11.6 Å². The molecule has 1 aromatic rings. The molecule has 0 saturated heterocycles. The zero-order valence-electron chi connectivity index (χ0n) is 18.1. The van der Waals surface area contributed by atoms with Crippen LogP contribution in [0, 0.1) is 16.2 Å². The van der Waals surface area contributed by atoms with E-state index in [0.29, 0.717) is 5.56 Å². The van der Waals surface area contributed by atoms with E-state index in [4.69, 9.17) is 0 Å². The van der Waals surface area contributed by atoms with Gasteiger partial charge >= 0.3 is 0 Å². The highest BCUT2D eigenvalue weighted by atomic mass is 16.3. The maximum atomic E-state index is 13.0.